The molecule has 2 unspecified atom stereocenters. The standard InChI is InChI=1S/C12H12N2O2S.ClH/c13-17(10-6-2-1-3-7-10)12-9-5-4-8-11(12)14(15)16;/h1-9,13-15H;1H. The van der Waals surface area contributed by atoms with Gasteiger partial charge in [0, 0.05) is 11.0 Å². The predicted octanol–water partition coefficient (Wildman–Crippen LogP) is 2.31. The highest BCUT2D eigenvalue weighted by Crippen LogP contribution is 2.21. The van der Waals surface area contributed by atoms with Gasteiger partial charge in [0.25, 0.3) is 0 Å². The molecule has 0 amide bonds. The van der Waals surface area contributed by atoms with Gasteiger partial charge in [-0.1, -0.05) is 30.3 Å². The van der Waals surface area contributed by atoms with Crippen LogP contribution in [0.5, 0.6) is 0 Å². The van der Waals surface area contributed by atoms with E-state index in [0.29, 0.717) is 4.90 Å². The number of hydrogen-bond donors (Lipinski definition) is 3. The van der Waals surface area contributed by atoms with E-state index in [1.807, 2.05) is 30.3 Å². The molecule has 4 nitrogen and oxygen atoms in total. The molecule has 2 aromatic carbocycles. The van der Waals surface area contributed by atoms with Crippen molar-refractivity contribution in [2.45, 2.75) is 9.79 Å². The van der Waals surface area contributed by atoms with Crippen molar-refractivity contribution in [1.29, 1.82) is 4.78 Å². The van der Waals surface area contributed by atoms with E-state index in [-0.39, 0.29) is 18.1 Å². The number of nitrogens with one attached hydrogen (secondary N) is 2. The minimum absolute atomic E-state index is 0. The summed E-state index contributed by atoms with van der Waals surface area (Å²) in [5.41, 5.74) is 0.203. The summed E-state index contributed by atoms with van der Waals surface area (Å²) in [4.78, 5) is 1.37. The largest absolute Gasteiger partial charge is 0.595 e. The lowest BCUT2D eigenvalue weighted by atomic mass is 10.3. The molecule has 2 atom stereocenters. The van der Waals surface area contributed by atoms with Crippen molar-refractivity contribution in [2.24, 2.45) is 0 Å². The van der Waals surface area contributed by atoms with Crippen molar-refractivity contribution >= 4 is 28.8 Å². The normalized spacial score (nSPS) is 13.4. The average molecular weight is 285 g/mol. The molecule has 2 rings (SSSR count). The van der Waals surface area contributed by atoms with Crippen LogP contribution in [0.25, 0.3) is 0 Å². The van der Waals surface area contributed by atoms with Gasteiger partial charge in [-0.05, 0) is 28.9 Å². The van der Waals surface area contributed by atoms with Gasteiger partial charge in [-0.15, -0.1) is 12.4 Å². The van der Waals surface area contributed by atoms with Gasteiger partial charge < -0.3 is 5.21 Å². The van der Waals surface area contributed by atoms with E-state index in [0.717, 1.165) is 4.90 Å². The fraction of sp³-hybridized carbons (Fsp3) is 0. The topological polar surface area (TPSA) is 71.6 Å². The van der Waals surface area contributed by atoms with Crippen LogP contribution in [-0.4, -0.2) is 5.21 Å². The summed E-state index contributed by atoms with van der Waals surface area (Å²) in [5, 5.41) is 19.2. The Balaban J connectivity index is 0.00000162. The van der Waals surface area contributed by atoms with Gasteiger partial charge in [0.05, 0.1) is 4.90 Å². The highest BCUT2D eigenvalue weighted by molar-refractivity contribution is 7.86. The second-order valence-electron chi connectivity index (χ2n) is 3.42. The minimum atomic E-state index is -0.985. The fourth-order valence-electron chi connectivity index (χ4n) is 1.50. The second-order valence-corrected chi connectivity index (χ2v) is 4.94. The van der Waals surface area contributed by atoms with E-state index in [2.05, 4.69) is 0 Å². The van der Waals surface area contributed by atoms with Crippen molar-refractivity contribution in [2.75, 3.05) is 0 Å². The highest BCUT2D eigenvalue weighted by atomic mass is 35.5. The van der Waals surface area contributed by atoms with E-state index in [1.165, 1.54) is 6.07 Å². The Morgan fingerprint density at radius 1 is 1.00 bits per heavy atom. The molecule has 6 heteroatoms. The smallest absolute Gasteiger partial charge is 0.178 e. The zero-order valence-corrected chi connectivity index (χ0v) is 11.0. The predicted molar refractivity (Wildman–Crippen MR) is 72.5 cm³/mol. The van der Waals surface area contributed by atoms with Gasteiger partial charge >= 0.3 is 0 Å². The van der Waals surface area contributed by atoms with Gasteiger partial charge in [0.15, 0.2) is 5.69 Å². The molecule has 0 heterocycles. The summed E-state index contributed by atoms with van der Waals surface area (Å²) in [5.74, 6) is 0. The summed E-state index contributed by atoms with van der Waals surface area (Å²) in [7, 11) is -0.960. The van der Waals surface area contributed by atoms with Crippen LogP contribution in [0.2, 0.25) is 0 Å². The first-order valence-corrected chi connectivity index (χ1v) is 6.25. The van der Waals surface area contributed by atoms with E-state index in [9.17, 15) is 5.21 Å². The lowest BCUT2D eigenvalue weighted by molar-refractivity contribution is -0.992. The van der Waals surface area contributed by atoms with E-state index in [4.69, 9.17) is 9.99 Å². The molecule has 0 aliphatic carbocycles. The van der Waals surface area contributed by atoms with Crippen molar-refractivity contribution < 1.29 is 10.4 Å². The van der Waals surface area contributed by atoms with Crippen molar-refractivity contribution in [3.05, 3.63) is 59.8 Å². The molecule has 0 radical (unpaired) electrons. The van der Waals surface area contributed by atoms with E-state index >= 15 is 0 Å². The zero-order valence-electron chi connectivity index (χ0n) is 9.37. The maximum absolute atomic E-state index is 11.1. The van der Waals surface area contributed by atoms with Crippen molar-refractivity contribution in [3.63, 3.8) is 0 Å². The van der Waals surface area contributed by atoms with Gasteiger partial charge in [-0.3, -0.25) is 4.78 Å². The van der Waals surface area contributed by atoms with Crippen LogP contribution >= 0.6 is 12.4 Å². The molecule has 3 N–H and O–H groups in total. The maximum Gasteiger partial charge on any atom is 0.178 e. The Labute approximate surface area is 114 Å². The Morgan fingerprint density at radius 2 is 1.56 bits per heavy atom. The first-order chi connectivity index (χ1) is 8.20. The molecule has 18 heavy (non-hydrogen) atoms. The van der Waals surface area contributed by atoms with Crippen molar-refractivity contribution in [1.82, 2.24) is 0 Å². The lowest BCUT2D eigenvalue weighted by Gasteiger charge is -2.16. The summed E-state index contributed by atoms with van der Waals surface area (Å²) in [6, 6.07) is 15.9. The van der Waals surface area contributed by atoms with Crippen LogP contribution in [0.4, 0.5) is 5.69 Å². The third-order valence-electron chi connectivity index (χ3n) is 2.32. The third-order valence-corrected chi connectivity index (χ3v) is 3.86. The highest BCUT2D eigenvalue weighted by Gasteiger charge is 2.12. The summed E-state index contributed by atoms with van der Waals surface area (Å²) < 4.78 is 8.15. The molecule has 2 aromatic rings. The number of quaternary nitrogens is 1. The summed E-state index contributed by atoms with van der Waals surface area (Å²) in [6.45, 7) is 0. The summed E-state index contributed by atoms with van der Waals surface area (Å²) in [6.07, 6.45) is 0. The second kappa shape index (κ2) is 6.63. The number of rotatable bonds is 3. The quantitative estimate of drug-likeness (QED) is 0.757. The molecule has 96 valence electrons. The molecule has 0 bridgehead atoms. The first kappa shape index (κ1) is 14.8. The number of para-hydroxylation sites is 1. The number of halogens is 1. The van der Waals surface area contributed by atoms with Crippen LogP contribution in [-0.2, 0) is 10.7 Å². The molecule has 0 aliphatic rings. The molecule has 0 saturated carbocycles. The molecule has 0 aliphatic heterocycles. The Morgan fingerprint density at radius 3 is 2.17 bits per heavy atom. The number of hydrogen-bond acceptors (Lipinski definition) is 3. The molecule has 0 fully saturated rings. The van der Waals surface area contributed by atoms with Crippen molar-refractivity contribution in [3.8, 4) is 0 Å². The lowest BCUT2D eigenvalue weighted by Crippen LogP contribution is -2.99. The summed E-state index contributed by atoms with van der Waals surface area (Å²) >= 11 is 0. The fourth-order valence-corrected chi connectivity index (χ4v) is 2.78. The monoisotopic (exact) mass is 284 g/mol. The first-order valence-electron chi connectivity index (χ1n) is 5.03. The Bertz CT molecular complexity index is 535. The van der Waals surface area contributed by atoms with E-state index < -0.39 is 15.9 Å². The van der Waals surface area contributed by atoms with Gasteiger partial charge in [0.2, 0.25) is 0 Å². The van der Waals surface area contributed by atoms with Crippen LogP contribution < -0.4 is 5.23 Å². The molecular formula is C12H13ClN2O2S. The van der Waals surface area contributed by atoms with Gasteiger partial charge in [0.1, 0.15) is 0 Å². The molecule has 0 aromatic heterocycles. The molecule has 0 saturated heterocycles. The number of benzene rings is 2. The maximum atomic E-state index is 11.1. The Kier molecular flexibility index (Phi) is 5.46. The SMILES string of the molecule is Cl.N=S(c1ccccc1)c1ccccc1[NH+]([O-])O. The van der Waals surface area contributed by atoms with Gasteiger partial charge in [-0.25, -0.2) is 5.21 Å². The zero-order chi connectivity index (χ0) is 12.3. The Hall–Kier alpha value is -1.24. The third kappa shape index (κ3) is 3.16. The van der Waals surface area contributed by atoms with Crippen LogP contribution in [0.3, 0.4) is 0 Å². The minimum Gasteiger partial charge on any atom is -0.595 e. The van der Waals surface area contributed by atoms with Crippen LogP contribution in [0.15, 0.2) is 64.4 Å². The molecular weight excluding hydrogens is 272 g/mol. The van der Waals surface area contributed by atoms with E-state index in [1.54, 1.807) is 18.2 Å². The van der Waals surface area contributed by atoms with Crippen LogP contribution in [0.1, 0.15) is 0 Å². The molecule has 0 spiro atoms. The van der Waals surface area contributed by atoms with Gasteiger partial charge in [-0.2, -0.15) is 5.23 Å². The average Bonchev–Trinajstić information content (AvgIpc) is 2.39. The van der Waals surface area contributed by atoms with Crippen LogP contribution in [0, 0.1) is 9.99 Å².